The fraction of sp³-hybridized carbons (Fsp3) is 0. The Morgan fingerprint density at radius 2 is 2.20 bits per heavy atom. The molecule has 0 bridgehead atoms. The molecule has 3 rings (SSSR count). The zero-order valence-electron chi connectivity index (χ0n) is 7.42. The SMILES string of the molecule is Nc1ncc2cc(Br)c3nncn3c2n1. The van der Waals surface area contributed by atoms with Crippen molar-refractivity contribution in [3.63, 3.8) is 0 Å². The van der Waals surface area contributed by atoms with Crippen LogP contribution < -0.4 is 5.73 Å². The van der Waals surface area contributed by atoms with E-state index in [0.29, 0.717) is 11.3 Å². The first kappa shape index (κ1) is 8.54. The highest BCUT2D eigenvalue weighted by Gasteiger charge is 2.07. The molecule has 0 spiro atoms. The Kier molecular flexibility index (Phi) is 1.63. The van der Waals surface area contributed by atoms with Crippen molar-refractivity contribution in [3.8, 4) is 0 Å². The molecule has 0 aliphatic carbocycles. The highest BCUT2D eigenvalue weighted by Crippen LogP contribution is 2.22. The van der Waals surface area contributed by atoms with Crippen molar-refractivity contribution in [1.82, 2.24) is 24.6 Å². The van der Waals surface area contributed by atoms with Gasteiger partial charge in [-0.05, 0) is 22.0 Å². The molecule has 0 saturated heterocycles. The number of anilines is 1. The lowest BCUT2D eigenvalue weighted by Gasteiger charge is -2.01. The Labute approximate surface area is 92.3 Å². The molecule has 6 nitrogen and oxygen atoms in total. The molecule has 15 heavy (non-hydrogen) atoms. The summed E-state index contributed by atoms with van der Waals surface area (Å²) in [7, 11) is 0. The first-order chi connectivity index (χ1) is 7.25. The minimum atomic E-state index is 0.236. The molecule has 74 valence electrons. The largest absolute Gasteiger partial charge is 0.368 e. The minimum Gasteiger partial charge on any atom is -0.368 e. The van der Waals surface area contributed by atoms with Crippen LogP contribution in [0.2, 0.25) is 0 Å². The van der Waals surface area contributed by atoms with E-state index in [9.17, 15) is 0 Å². The third-order valence-electron chi connectivity index (χ3n) is 2.09. The quantitative estimate of drug-likeness (QED) is 0.656. The van der Waals surface area contributed by atoms with Gasteiger partial charge >= 0.3 is 0 Å². The molecule has 3 aromatic heterocycles. The second-order valence-electron chi connectivity index (χ2n) is 3.02. The van der Waals surface area contributed by atoms with E-state index in [1.807, 2.05) is 6.07 Å². The van der Waals surface area contributed by atoms with Gasteiger partial charge in [0.25, 0.3) is 0 Å². The summed E-state index contributed by atoms with van der Waals surface area (Å²) >= 11 is 3.41. The number of fused-ring (bicyclic) bond motifs is 3. The predicted molar refractivity (Wildman–Crippen MR) is 58.2 cm³/mol. The monoisotopic (exact) mass is 264 g/mol. The number of nitrogens with two attached hydrogens (primary N) is 1. The van der Waals surface area contributed by atoms with Crippen LogP contribution in [0.25, 0.3) is 16.7 Å². The van der Waals surface area contributed by atoms with Gasteiger partial charge in [-0.2, -0.15) is 4.98 Å². The summed E-state index contributed by atoms with van der Waals surface area (Å²) in [6.45, 7) is 0. The molecule has 3 aromatic rings. The molecule has 0 aliphatic heterocycles. The molecule has 0 aliphatic rings. The van der Waals surface area contributed by atoms with Gasteiger partial charge < -0.3 is 5.73 Å². The van der Waals surface area contributed by atoms with Gasteiger partial charge in [0.05, 0.1) is 4.47 Å². The number of nitrogen functional groups attached to an aromatic ring is 1. The van der Waals surface area contributed by atoms with Gasteiger partial charge in [0.2, 0.25) is 5.95 Å². The maximum Gasteiger partial charge on any atom is 0.221 e. The van der Waals surface area contributed by atoms with Crippen LogP contribution in [0, 0.1) is 0 Å². The summed E-state index contributed by atoms with van der Waals surface area (Å²) < 4.78 is 2.61. The molecule has 2 N–H and O–H groups in total. The van der Waals surface area contributed by atoms with Crippen molar-refractivity contribution in [2.75, 3.05) is 5.73 Å². The summed E-state index contributed by atoms with van der Waals surface area (Å²) in [4.78, 5) is 8.08. The standard InChI is InChI=1S/C8H5BrN6/c9-5-1-4-2-11-8(10)13-6(4)15-3-12-14-7(5)15/h1-3H,(H2,10,11,13). The molecule has 0 radical (unpaired) electrons. The van der Waals surface area contributed by atoms with Gasteiger partial charge in [0.15, 0.2) is 11.3 Å². The average molecular weight is 265 g/mol. The van der Waals surface area contributed by atoms with Gasteiger partial charge in [-0.1, -0.05) is 0 Å². The van der Waals surface area contributed by atoms with Crippen LogP contribution in [-0.4, -0.2) is 24.6 Å². The molecule has 0 fully saturated rings. The number of aromatic nitrogens is 5. The van der Waals surface area contributed by atoms with Gasteiger partial charge in [0, 0.05) is 11.6 Å². The molecule has 0 saturated carbocycles. The van der Waals surface area contributed by atoms with E-state index in [2.05, 4.69) is 36.1 Å². The van der Waals surface area contributed by atoms with Crippen molar-refractivity contribution >= 4 is 38.6 Å². The van der Waals surface area contributed by atoms with Crippen LogP contribution in [-0.2, 0) is 0 Å². The van der Waals surface area contributed by atoms with Crippen molar-refractivity contribution in [2.24, 2.45) is 0 Å². The summed E-state index contributed by atoms with van der Waals surface area (Å²) in [6, 6.07) is 1.89. The second-order valence-corrected chi connectivity index (χ2v) is 3.88. The van der Waals surface area contributed by atoms with E-state index >= 15 is 0 Å². The first-order valence-corrected chi connectivity index (χ1v) is 4.95. The topological polar surface area (TPSA) is 82.0 Å². The fourth-order valence-corrected chi connectivity index (χ4v) is 1.96. The van der Waals surface area contributed by atoms with E-state index in [1.54, 1.807) is 16.9 Å². The van der Waals surface area contributed by atoms with Crippen molar-refractivity contribution in [2.45, 2.75) is 0 Å². The van der Waals surface area contributed by atoms with Crippen molar-refractivity contribution in [1.29, 1.82) is 0 Å². The second kappa shape index (κ2) is 2.86. The lowest BCUT2D eigenvalue weighted by Crippen LogP contribution is -1.98. The molecule has 0 unspecified atom stereocenters. The molecule has 0 amide bonds. The number of nitrogens with zero attached hydrogens (tertiary/aromatic N) is 5. The third kappa shape index (κ3) is 1.16. The smallest absolute Gasteiger partial charge is 0.221 e. The molecule has 0 atom stereocenters. The normalized spacial score (nSPS) is 11.3. The number of halogens is 1. The van der Waals surface area contributed by atoms with Gasteiger partial charge in [-0.3, -0.25) is 4.40 Å². The van der Waals surface area contributed by atoms with E-state index in [4.69, 9.17) is 5.73 Å². The molecular weight excluding hydrogens is 260 g/mol. The van der Waals surface area contributed by atoms with Crippen LogP contribution in [0.3, 0.4) is 0 Å². The van der Waals surface area contributed by atoms with Crippen molar-refractivity contribution in [3.05, 3.63) is 23.1 Å². The average Bonchev–Trinajstić information content (AvgIpc) is 2.69. The maximum atomic E-state index is 5.53. The van der Waals surface area contributed by atoms with Crippen molar-refractivity contribution < 1.29 is 0 Å². The van der Waals surface area contributed by atoms with Crippen LogP contribution in [0.5, 0.6) is 0 Å². The van der Waals surface area contributed by atoms with Crippen LogP contribution in [0.1, 0.15) is 0 Å². The highest BCUT2D eigenvalue weighted by molar-refractivity contribution is 9.10. The lowest BCUT2D eigenvalue weighted by molar-refractivity contribution is 1.10. The predicted octanol–water partition coefficient (Wildman–Crippen LogP) is 1.02. The Balaban J connectivity index is 2.61. The van der Waals surface area contributed by atoms with Crippen LogP contribution in [0.4, 0.5) is 5.95 Å². The number of hydrogen-bond donors (Lipinski definition) is 1. The van der Waals surface area contributed by atoms with Gasteiger partial charge in [-0.25, -0.2) is 4.98 Å². The van der Waals surface area contributed by atoms with Crippen LogP contribution >= 0.6 is 15.9 Å². The maximum absolute atomic E-state index is 5.53. The molecular formula is C8H5BrN6. The van der Waals surface area contributed by atoms with Gasteiger partial charge in [0.1, 0.15) is 6.33 Å². The zero-order chi connectivity index (χ0) is 10.4. The van der Waals surface area contributed by atoms with E-state index < -0.39 is 0 Å². The van der Waals surface area contributed by atoms with Gasteiger partial charge in [-0.15, -0.1) is 10.2 Å². The lowest BCUT2D eigenvalue weighted by atomic mass is 10.3. The summed E-state index contributed by atoms with van der Waals surface area (Å²) in [6.07, 6.45) is 3.26. The summed E-state index contributed by atoms with van der Waals surface area (Å²) in [5.74, 6) is 0.236. The fourth-order valence-electron chi connectivity index (χ4n) is 1.44. The minimum absolute atomic E-state index is 0.236. The summed E-state index contributed by atoms with van der Waals surface area (Å²) in [5.41, 5.74) is 6.94. The Bertz CT molecular complexity index is 661. The number of pyridine rings is 1. The molecule has 3 heterocycles. The third-order valence-corrected chi connectivity index (χ3v) is 2.67. The zero-order valence-corrected chi connectivity index (χ0v) is 9.01. The first-order valence-electron chi connectivity index (χ1n) is 4.16. The molecule has 7 heteroatoms. The Morgan fingerprint density at radius 1 is 1.33 bits per heavy atom. The van der Waals surface area contributed by atoms with E-state index in [0.717, 1.165) is 9.86 Å². The molecule has 0 aromatic carbocycles. The Morgan fingerprint density at radius 3 is 3.07 bits per heavy atom. The van der Waals surface area contributed by atoms with E-state index in [-0.39, 0.29) is 5.95 Å². The highest BCUT2D eigenvalue weighted by atomic mass is 79.9. The number of rotatable bonds is 0. The van der Waals surface area contributed by atoms with Crippen LogP contribution in [0.15, 0.2) is 23.1 Å². The number of hydrogen-bond acceptors (Lipinski definition) is 5. The van der Waals surface area contributed by atoms with E-state index in [1.165, 1.54) is 0 Å². The summed E-state index contributed by atoms with van der Waals surface area (Å²) in [5, 5.41) is 8.66. The Hall–Kier alpha value is -1.76.